The van der Waals surface area contributed by atoms with Crippen molar-refractivity contribution in [1.29, 1.82) is 0 Å². The molecule has 0 bridgehead atoms. The van der Waals surface area contributed by atoms with E-state index < -0.39 is 0 Å². The molecule has 0 amide bonds. The van der Waals surface area contributed by atoms with Crippen molar-refractivity contribution >= 4 is 11.8 Å². The lowest BCUT2D eigenvalue weighted by Gasteiger charge is -2.28. The number of nitrogens with zero attached hydrogens (tertiary/aromatic N) is 2. The molecule has 2 aliphatic rings. The van der Waals surface area contributed by atoms with E-state index in [0.29, 0.717) is 0 Å². The SMILES string of the molecule is c1ccc(CN2CCC(CN3CCSCC3)C2)cc1. The molecule has 3 heteroatoms. The third-order valence-corrected chi connectivity index (χ3v) is 5.18. The quantitative estimate of drug-likeness (QED) is 0.834. The number of rotatable bonds is 4. The Morgan fingerprint density at radius 2 is 1.79 bits per heavy atom. The molecule has 2 saturated heterocycles. The van der Waals surface area contributed by atoms with Gasteiger partial charge in [-0.05, 0) is 24.4 Å². The van der Waals surface area contributed by atoms with Crippen LogP contribution in [-0.4, -0.2) is 54.0 Å². The Morgan fingerprint density at radius 1 is 1.00 bits per heavy atom. The van der Waals surface area contributed by atoms with Crippen molar-refractivity contribution in [2.45, 2.75) is 13.0 Å². The third-order valence-electron chi connectivity index (χ3n) is 4.24. The van der Waals surface area contributed by atoms with Crippen LogP contribution in [0.2, 0.25) is 0 Å². The van der Waals surface area contributed by atoms with E-state index in [1.807, 2.05) is 0 Å². The molecular formula is C16H24N2S. The molecule has 2 nitrogen and oxygen atoms in total. The molecule has 1 atom stereocenters. The summed E-state index contributed by atoms with van der Waals surface area (Å²) in [6.07, 6.45) is 1.39. The number of likely N-dealkylation sites (tertiary alicyclic amines) is 1. The average Bonchev–Trinajstić information content (AvgIpc) is 2.88. The smallest absolute Gasteiger partial charge is 0.0233 e. The number of hydrogen-bond donors (Lipinski definition) is 0. The molecule has 0 aliphatic carbocycles. The van der Waals surface area contributed by atoms with Crippen molar-refractivity contribution in [2.24, 2.45) is 5.92 Å². The van der Waals surface area contributed by atoms with Gasteiger partial charge in [-0.25, -0.2) is 0 Å². The van der Waals surface area contributed by atoms with Gasteiger partial charge in [0.25, 0.3) is 0 Å². The van der Waals surface area contributed by atoms with Gasteiger partial charge in [0.1, 0.15) is 0 Å². The summed E-state index contributed by atoms with van der Waals surface area (Å²) in [6, 6.07) is 10.9. The van der Waals surface area contributed by atoms with E-state index in [9.17, 15) is 0 Å². The molecule has 1 aromatic rings. The van der Waals surface area contributed by atoms with E-state index in [2.05, 4.69) is 51.9 Å². The minimum absolute atomic E-state index is 0.895. The largest absolute Gasteiger partial charge is 0.301 e. The summed E-state index contributed by atoms with van der Waals surface area (Å²) in [5.41, 5.74) is 1.46. The van der Waals surface area contributed by atoms with Crippen molar-refractivity contribution < 1.29 is 0 Å². The van der Waals surface area contributed by atoms with Gasteiger partial charge < -0.3 is 4.90 Å². The molecule has 0 spiro atoms. The number of benzene rings is 1. The summed E-state index contributed by atoms with van der Waals surface area (Å²) in [5, 5.41) is 0. The highest BCUT2D eigenvalue weighted by molar-refractivity contribution is 7.99. The Labute approximate surface area is 121 Å². The summed E-state index contributed by atoms with van der Waals surface area (Å²) in [6.45, 7) is 7.64. The Morgan fingerprint density at radius 3 is 2.58 bits per heavy atom. The van der Waals surface area contributed by atoms with E-state index in [-0.39, 0.29) is 0 Å². The molecule has 2 fully saturated rings. The molecular weight excluding hydrogens is 252 g/mol. The number of hydrogen-bond acceptors (Lipinski definition) is 3. The molecule has 0 N–H and O–H groups in total. The highest BCUT2D eigenvalue weighted by atomic mass is 32.2. The summed E-state index contributed by atoms with van der Waals surface area (Å²) >= 11 is 2.11. The molecule has 2 aliphatic heterocycles. The lowest BCUT2D eigenvalue weighted by molar-refractivity contribution is 0.241. The van der Waals surface area contributed by atoms with Gasteiger partial charge in [0.2, 0.25) is 0 Å². The van der Waals surface area contributed by atoms with Crippen LogP contribution in [0.1, 0.15) is 12.0 Å². The predicted molar refractivity (Wildman–Crippen MR) is 83.6 cm³/mol. The zero-order valence-corrected chi connectivity index (χ0v) is 12.4. The van der Waals surface area contributed by atoms with E-state index in [0.717, 1.165) is 12.5 Å². The van der Waals surface area contributed by atoms with E-state index in [4.69, 9.17) is 0 Å². The highest BCUT2D eigenvalue weighted by Crippen LogP contribution is 2.21. The molecule has 0 radical (unpaired) electrons. The van der Waals surface area contributed by atoms with Crippen LogP contribution in [0.3, 0.4) is 0 Å². The van der Waals surface area contributed by atoms with Crippen molar-refractivity contribution in [3.05, 3.63) is 35.9 Å². The van der Waals surface area contributed by atoms with Gasteiger partial charge in [-0.1, -0.05) is 30.3 Å². The fourth-order valence-electron chi connectivity index (χ4n) is 3.20. The Balaban J connectivity index is 1.44. The van der Waals surface area contributed by atoms with Gasteiger partial charge in [-0.3, -0.25) is 4.90 Å². The maximum Gasteiger partial charge on any atom is 0.0233 e. The first kappa shape index (κ1) is 13.5. The topological polar surface area (TPSA) is 6.48 Å². The molecule has 0 aromatic heterocycles. The number of thioether (sulfide) groups is 1. The molecule has 19 heavy (non-hydrogen) atoms. The van der Waals surface area contributed by atoms with E-state index in [1.165, 1.54) is 56.2 Å². The van der Waals surface area contributed by atoms with Crippen LogP contribution < -0.4 is 0 Å². The normalized spacial score (nSPS) is 25.8. The van der Waals surface area contributed by atoms with Crippen LogP contribution >= 0.6 is 11.8 Å². The second kappa shape index (κ2) is 6.78. The maximum atomic E-state index is 2.67. The zero-order chi connectivity index (χ0) is 12.9. The van der Waals surface area contributed by atoms with Crippen molar-refractivity contribution in [2.75, 3.05) is 44.2 Å². The van der Waals surface area contributed by atoms with Crippen molar-refractivity contribution in [3.63, 3.8) is 0 Å². The van der Waals surface area contributed by atoms with Crippen LogP contribution in [0.5, 0.6) is 0 Å². The first-order chi connectivity index (χ1) is 9.40. The van der Waals surface area contributed by atoms with Gasteiger partial charge >= 0.3 is 0 Å². The Hall–Kier alpha value is -0.510. The first-order valence-electron chi connectivity index (χ1n) is 7.46. The van der Waals surface area contributed by atoms with Gasteiger partial charge in [0.05, 0.1) is 0 Å². The van der Waals surface area contributed by atoms with Crippen LogP contribution in [-0.2, 0) is 6.54 Å². The summed E-state index contributed by atoms with van der Waals surface area (Å²) in [7, 11) is 0. The Kier molecular flexibility index (Phi) is 4.81. The molecule has 3 rings (SSSR count). The molecule has 104 valence electrons. The highest BCUT2D eigenvalue weighted by Gasteiger charge is 2.24. The lowest BCUT2D eigenvalue weighted by Crippen LogP contribution is -2.37. The van der Waals surface area contributed by atoms with Crippen LogP contribution in [0, 0.1) is 5.92 Å². The van der Waals surface area contributed by atoms with Crippen LogP contribution in [0.4, 0.5) is 0 Å². The van der Waals surface area contributed by atoms with Crippen molar-refractivity contribution in [3.8, 4) is 0 Å². The third kappa shape index (κ3) is 3.98. The summed E-state index contributed by atoms with van der Waals surface area (Å²) in [4.78, 5) is 5.30. The van der Waals surface area contributed by atoms with Crippen LogP contribution in [0.25, 0.3) is 0 Å². The summed E-state index contributed by atoms with van der Waals surface area (Å²) < 4.78 is 0. The fourth-order valence-corrected chi connectivity index (χ4v) is 4.17. The molecule has 0 saturated carbocycles. The lowest BCUT2D eigenvalue weighted by atomic mass is 10.1. The van der Waals surface area contributed by atoms with Crippen molar-refractivity contribution in [1.82, 2.24) is 9.80 Å². The van der Waals surface area contributed by atoms with Gasteiger partial charge in [-0.2, -0.15) is 11.8 Å². The second-order valence-corrected chi connectivity index (χ2v) is 7.01. The van der Waals surface area contributed by atoms with Gasteiger partial charge in [0.15, 0.2) is 0 Å². The average molecular weight is 276 g/mol. The Bertz CT molecular complexity index is 376. The minimum Gasteiger partial charge on any atom is -0.301 e. The first-order valence-corrected chi connectivity index (χ1v) is 8.62. The fraction of sp³-hybridized carbons (Fsp3) is 0.625. The molecule has 1 unspecified atom stereocenters. The van der Waals surface area contributed by atoms with Crippen LogP contribution in [0.15, 0.2) is 30.3 Å². The molecule has 2 heterocycles. The van der Waals surface area contributed by atoms with E-state index >= 15 is 0 Å². The minimum atomic E-state index is 0.895. The maximum absolute atomic E-state index is 2.67. The predicted octanol–water partition coefficient (Wildman–Crippen LogP) is 2.56. The van der Waals surface area contributed by atoms with E-state index in [1.54, 1.807) is 0 Å². The van der Waals surface area contributed by atoms with Gasteiger partial charge in [-0.15, -0.1) is 0 Å². The van der Waals surface area contributed by atoms with Gasteiger partial charge in [0, 0.05) is 44.2 Å². The summed E-state index contributed by atoms with van der Waals surface area (Å²) in [5.74, 6) is 3.56. The monoisotopic (exact) mass is 276 g/mol. The zero-order valence-electron chi connectivity index (χ0n) is 11.6. The molecule has 1 aromatic carbocycles. The standard InChI is InChI=1S/C16H24N2S/c1-2-4-15(5-3-1)12-18-7-6-16(14-18)13-17-8-10-19-11-9-17/h1-5,16H,6-14H2. The second-order valence-electron chi connectivity index (χ2n) is 5.79.